The minimum atomic E-state index is -0.573. The van der Waals surface area contributed by atoms with Gasteiger partial charge in [-0.25, -0.2) is 0 Å². The predicted molar refractivity (Wildman–Crippen MR) is 75.2 cm³/mol. The highest BCUT2D eigenvalue weighted by atomic mass is 16.6. The van der Waals surface area contributed by atoms with Crippen LogP contribution >= 0.6 is 0 Å². The van der Waals surface area contributed by atoms with Gasteiger partial charge in [-0.1, -0.05) is 0 Å². The molecule has 0 unspecified atom stereocenters. The van der Waals surface area contributed by atoms with Crippen LogP contribution in [-0.4, -0.2) is 27.7 Å². The van der Waals surface area contributed by atoms with E-state index in [0.717, 1.165) is 5.56 Å². The van der Waals surface area contributed by atoms with Crippen molar-refractivity contribution in [2.75, 3.05) is 12.4 Å². The molecule has 8 nitrogen and oxygen atoms in total. The number of carbonyl (C=O) groups is 1. The third-order valence-corrected chi connectivity index (χ3v) is 2.74. The summed E-state index contributed by atoms with van der Waals surface area (Å²) in [5, 5.41) is 17.5. The molecule has 0 spiro atoms. The maximum atomic E-state index is 11.9. The standard InChI is InChI=1S/C13H14N4O4/c1-9-6-14-16(7-9)8-13(18)15-11-4-3-10(21-2)5-12(11)17(19)20/h3-7H,8H2,1-2H3,(H,15,18). The van der Waals surface area contributed by atoms with Crippen LogP contribution < -0.4 is 10.1 Å². The Bertz CT molecular complexity index is 681. The first-order chi connectivity index (χ1) is 9.99. The molecule has 0 aliphatic carbocycles. The number of nitrogens with zero attached hydrogens (tertiary/aromatic N) is 3. The van der Waals surface area contributed by atoms with Crippen molar-refractivity contribution < 1.29 is 14.5 Å². The molecule has 110 valence electrons. The van der Waals surface area contributed by atoms with E-state index in [9.17, 15) is 14.9 Å². The van der Waals surface area contributed by atoms with Crippen LogP contribution in [0.4, 0.5) is 11.4 Å². The molecule has 1 heterocycles. The molecule has 1 aromatic heterocycles. The molecule has 0 radical (unpaired) electrons. The van der Waals surface area contributed by atoms with Gasteiger partial charge in [-0.05, 0) is 24.6 Å². The summed E-state index contributed by atoms with van der Waals surface area (Å²) in [6, 6.07) is 4.23. The van der Waals surface area contributed by atoms with Crippen molar-refractivity contribution in [2.24, 2.45) is 0 Å². The highest BCUT2D eigenvalue weighted by molar-refractivity contribution is 5.93. The average Bonchev–Trinajstić information content (AvgIpc) is 2.84. The number of aryl methyl sites for hydroxylation is 1. The smallest absolute Gasteiger partial charge is 0.296 e. The molecule has 0 bridgehead atoms. The molecule has 0 saturated heterocycles. The number of carbonyl (C=O) groups excluding carboxylic acids is 1. The highest BCUT2D eigenvalue weighted by Gasteiger charge is 2.17. The number of hydrogen-bond acceptors (Lipinski definition) is 5. The van der Waals surface area contributed by atoms with Gasteiger partial charge in [-0.15, -0.1) is 0 Å². The number of nitrogens with one attached hydrogen (secondary N) is 1. The molecule has 8 heteroatoms. The molecule has 1 N–H and O–H groups in total. The first-order valence-electron chi connectivity index (χ1n) is 6.11. The van der Waals surface area contributed by atoms with Gasteiger partial charge in [0.2, 0.25) is 5.91 Å². The van der Waals surface area contributed by atoms with E-state index in [1.54, 1.807) is 18.5 Å². The monoisotopic (exact) mass is 290 g/mol. The van der Waals surface area contributed by atoms with Gasteiger partial charge in [0.1, 0.15) is 18.0 Å². The van der Waals surface area contributed by atoms with Crippen molar-refractivity contribution in [1.29, 1.82) is 0 Å². The van der Waals surface area contributed by atoms with Crippen LogP contribution in [0.1, 0.15) is 5.56 Å². The maximum Gasteiger partial charge on any atom is 0.296 e. The highest BCUT2D eigenvalue weighted by Crippen LogP contribution is 2.28. The summed E-state index contributed by atoms with van der Waals surface area (Å²) in [5.41, 5.74) is 0.826. The van der Waals surface area contributed by atoms with Crippen LogP contribution in [0, 0.1) is 17.0 Å². The van der Waals surface area contributed by atoms with Crippen LogP contribution in [0.5, 0.6) is 5.75 Å². The molecule has 0 saturated carbocycles. The molecule has 2 aromatic rings. The number of methoxy groups -OCH3 is 1. The lowest BCUT2D eigenvalue weighted by Gasteiger charge is -2.07. The molecule has 0 atom stereocenters. The lowest BCUT2D eigenvalue weighted by atomic mass is 10.2. The fraction of sp³-hybridized carbons (Fsp3) is 0.231. The van der Waals surface area contributed by atoms with Crippen LogP contribution in [0.3, 0.4) is 0 Å². The summed E-state index contributed by atoms with van der Waals surface area (Å²) in [6.45, 7) is 1.84. The summed E-state index contributed by atoms with van der Waals surface area (Å²) in [4.78, 5) is 22.3. The molecule has 0 fully saturated rings. The number of nitro groups is 1. The zero-order valence-electron chi connectivity index (χ0n) is 11.6. The number of ether oxygens (including phenoxy) is 1. The molecular weight excluding hydrogens is 276 g/mol. The molecule has 0 aliphatic rings. The fourth-order valence-corrected chi connectivity index (χ4v) is 1.79. The Labute approximate surface area is 120 Å². The van der Waals surface area contributed by atoms with E-state index >= 15 is 0 Å². The predicted octanol–water partition coefficient (Wildman–Crippen LogP) is 1.75. The van der Waals surface area contributed by atoms with E-state index in [-0.39, 0.29) is 17.9 Å². The van der Waals surface area contributed by atoms with Crippen LogP contribution in [0.15, 0.2) is 30.6 Å². The van der Waals surface area contributed by atoms with Crippen molar-refractivity contribution in [3.8, 4) is 5.75 Å². The van der Waals surface area contributed by atoms with Gasteiger partial charge in [-0.2, -0.15) is 5.10 Å². The third-order valence-electron chi connectivity index (χ3n) is 2.74. The van der Waals surface area contributed by atoms with Crippen LogP contribution in [0.25, 0.3) is 0 Å². The molecule has 2 rings (SSSR count). The minimum Gasteiger partial charge on any atom is -0.496 e. The molecule has 1 aromatic carbocycles. The van der Waals surface area contributed by atoms with Gasteiger partial charge in [0.15, 0.2) is 0 Å². The van der Waals surface area contributed by atoms with Crippen molar-refractivity contribution >= 4 is 17.3 Å². The van der Waals surface area contributed by atoms with E-state index in [0.29, 0.717) is 5.75 Å². The van der Waals surface area contributed by atoms with Gasteiger partial charge < -0.3 is 10.1 Å². The number of anilines is 1. The summed E-state index contributed by atoms with van der Waals surface area (Å²) in [6.07, 6.45) is 3.34. The van der Waals surface area contributed by atoms with Crippen molar-refractivity contribution in [2.45, 2.75) is 13.5 Å². The Kier molecular flexibility index (Phi) is 4.17. The van der Waals surface area contributed by atoms with Gasteiger partial charge >= 0.3 is 0 Å². The Hall–Kier alpha value is -2.90. The Balaban J connectivity index is 2.14. The van der Waals surface area contributed by atoms with E-state index < -0.39 is 10.8 Å². The zero-order valence-corrected chi connectivity index (χ0v) is 11.6. The normalized spacial score (nSPS) is 10.2. The fourth-order valence-electron chi connectivity index (χ4n) is 1.79. The van der Waals surface area contributed by atoms with Crippen LogP contribution in [-0.2, 0) is 11.3 Å². The minimum absolute atomic E-state index is 0.0168. The number of aromatic nitrogens is 2. The first kappa shape index (κ1) is 14.5. The number of amides is 1. The Morgan fingerprint density at radius 2 is 2.29 bits per heavy atom. The number of benzene rings is 1. The topological polar surface area (TPSA) is 99.3 Å². The van der Waals surface area contributed by atoms with Crippen LogP contribution in [0.2, 0.25) is 0 Å². The summed E-state index contributed by atoms with van der Waals surface area (Å²) >= 11 is 0. The average molecular weight is 290 g/mol. The number of nitro benzene ring substituents is 1. The Morgan fingerprint density at radius 1 is 1.52 bits per heavy atom. The van der Waals surface area contributed by atoms with Crippen molar-refractivity contribution in [3.63, 3.8) is 0 Å². The lowest BCUT2D eigenvalue weighted by Crippen LogP contribution is -2.19. The molecule has 1 amide bonds. The van der Waals surface area contributed by atoms with E-state index in [1.165, 1.54) is 23.9 Å². The SMILES string of the molecule is COc1ccc(NC(=O)Cn2cc(C)cn2)c([N+](=O)[O-])c1. The second-order valence-corrected chi connectivity index (χ2v) is 4.40. The molecule has 21 heavy (non-hydrogen) atoms. The van der Waals surface area contributed by atoms with E-state index in [1.807, 2.05) is 6.92 Å². The Morgan fingerprint density at radius 3 is 2.86 bits per heavy atom. The molecular formula is C13H14N4O4. The molecule has 0 aliphatic heterocycles. The summed E-state index contributed by atoms with van der Waals surface area (Å²) < 4.78 is 6.39. The summed E-state index contributed by atoms with van der Waals surface area (Å²) in [7, 11) is 1.41. The zero-order chi connectivity index (χ0) is 15.4. The van der Waals surface area contributed by atoms with Crippen molar-refractivity contribution in [1.82, 2.24) is 9.78 Å². The van der Waals surface area contributed by atoms with Crippen molar-refractivity contribution in [3.05, 3.63) is 46.3 Å². The lowest BCUT2D eigenvalue weighted by molar-refractivity contribution is -0.384. The van der Waals surface area contributed by atoms with Gasteiger partial charge in [-0.3, -0.25) is 19.6 Å². The quantitative estimate of drug-likeness (QED) is 0.668. The third kappa shape index (κ3) is 3.56. The number of hydrogen-bond donors (Lipinski definition) is 1. The maximum absolute atomic E-state index is 11.9. The van der Waals surface area contributed by atoms with Gasteiger partial charge in [0.05, 0.1) is 24.3 Å². The first-order valence-corrected chi connectivity index (χ1v) is 6.11. The summed E-state index contributed by atoms with van der Waals surface area (Å²) in [5.74, 6) is -0.0474. The van der Waals surface area contributed by atoms with E-state index in [2.05, 4.69) is 10.4 Å². The van der Waals surface area contributed by atoms with E-state index in [4.69, 9.17) is 4.74 Å². The second kappa shape index (κ2) is 6.04. The van der Waals surface area contributed by atoms with Gasteiger partial charge in [0, 0.05) is 6.20 Å². The second-order valence-electron chi connectivity index (χ2n) is 4.40. The number of rotatable bonds is 5. The largest absolute Gasteiger partial charge is 0.496 e. The van der Waals surface area contributed by atoms with Gasteiger partial charge in [0.25, 0.3) is 5.69 Å².